The van der Waals surface area contributed by atoms with Crippen LogP contribution in [0.15, 0.2) is 16.9 Å². The summed E-state index contributed by atoms with van der Waals surface area (Å²) < 4.78 is 26.8. The molecule has 0 unspecified atom stereocenters. The Morgan fingerprint density at radius 2 is 1.92 bits per heavy atom. The molecule has 3 heterocycles. The standard InChI is InChI=1S/C17H28N4O3S/c1-17(2,3)15-5-6-16(22)21(18-15)13-14-11-19(12-14)8-9-20-7-4-10-25(20,23)24/h5-6,14H,4,7-13H2,1-3H3. The molecule has 0 bridgehead atoms. The molecule has 0 amide bonds. The van der Waals surface area contributed by atoms with E-state index in [0.29, 0.717) is 25.6 Å². The second-order valence-electron chi connectivity index (χ2n) is 8.18. The lowest BCUT2D eigenvalue weighted by Crippen LogP contribution is -2.51. The van der Waals surface area contributed by atoms with Crippen LogP contribution in [-0.2, 0) is 22.0 Å². The van der Waals surface area contributed by atoms with Gasteiger partial charge in [0.25, 0.3) is 5.56 Å². The molecule has 25 heavy (non-hydrogen) atoms. The molecule has 1 aromatic rings. The highest BCUT2D eigenvalue weighted by molar-refractivity contribution is 7.89. The van der Waals surface area contributed by atoms with Crippen molar-refractivity contribution in [3.8, 4) is 0 Å². The summed E-state index contributed by atoms with van der Waals surface area (Å²) in [6.07, 6.45) is 0.740. The van der Waals surface area contributed by atoms with E-state index in [4.69, 9.17) is 0 Å². The van der Waals surface area contributed by atoms with Crippen LogP contribution in [0, 0.1) is 5.92 Å². The quantitative estimate of drug-likeness (QED) is 0.757. The van der Waals surface area contributed by atoms with Crippen LogP contribution in [0.1, 0.15) is 32.9 Å². The molecular formula is C17H28N4O3S. The maximum absolute atomic E-state index is 12.0. The average Bonchev–Trinajstić information content (AvgIpc) is 2.80. The zero-order chi connectivity index (χ0) is 18.2. The van der Waals surface area contributed by atoms with Gasteiger partial charge in [0.05, 0.1) is 18.0 Å². The van der Waals surface area contributed by atoms with E-state index in [1.54, 1.807) is 15.1 Å². The predicted octanol–water partition coefficient (Wildman–Crippen LogP) is 0.508. The number of hydrogen-bond acceptors (Lipinski definition) is 5. The van der Waals surface area contributed by atoms with E-state index in [1.165, 1.54) is 0 Å². The van der Waals surface area contributed by atoms with Crippen molar-refractivity contribution >= 4 is 10.0 Å². The van der Waals surface area contributed by atoms with Crippen molar-refractivity contribution in [2.24, 2.45) is 5.92 Å². The van der Waals surface area contributed by atoms with E-state index >= 15 is 0 Å². The van der Waals surface area contributed by atoms with E-state index in [0.717, 1.165) is 31.7 Å². The molecule has 0 spiro atoms. The molecule has 7 nitrogen and oxygen atoms in total. The van der Waals surface area contributed by atoms with Gasteiger partial charge in [0.1, 0.15) is 0 Å². The Morgan fingerprint density at radius 1 is 1.20 bits per heavy atom. The first-order chi connectivity index (χ1) is 11.6. The van der Waals surface area contributed by atoms with E-state index in [9.17, 15) is 13.2 Å². The number of hydrogen-bond donors (Lipinski definition) is 0. The zero-order valence-electron chi connectivity index (χ0n) is 15.3. The van der Waals surface area contributed by atoms with Gasteiger partial charge in [-0.15, -0.1) is 0 Å². The molecule has 1 aromatic heterocycles. The Morgan fingerprint density at radius 3 is 2.52 bits per heavy atom. The molecule has 0 aromatic carbocycles. The number of aromatic nitrogens is 2. The molecule has 0 radical (unpaired) electrons. The van der Waals surface area contributed by atoms with E-state index in [-0.39, 0.29) is 16.7 Å². The van der Waals surface area contributed by atoms with Gasteiger partial charge in [0.15, 0.2) is 0 Å². The lowest BCUT2D eigenvalue weighted by Gasteiger charge is -2.39. The Bertz CT molecular complexity index is 776. The molecule has 2 fully saturated rings. The van der Waals surface area contributed by atoms with E-state index in [1.807, 2.05) is 6.07 Å². The Labute approximate surface area is 149 Å². The van der Waals surface area contributed by atoms with Gasteiger partial charge in [-0.05, 0) is 12.5 Å². The van der Waals surface area contributed by atoms with Crippen LogP contribution in [0.3, 0.4) is 0 Å². The van der Waals surface area contributed by atoms with Crippen LogP contribution in [-0.4, -0.2) is 65.9 Å². The van der Waals surface area contributed by atoms with Gasteiger partial charge in [0, 0.05) is 50.1 Å². The summed E-state index contributed by atoms with van der Waals surface area (Å²) in [5, 5.41) is 4.52. The molecular weight excluding hydrogens is 340 g/mol. The summed E-state index contributed by atoms with van der Waals surface area (Å²) in [6, 6.07) is 3.41. The molecule has 0 N–H and O–H groups in total. The summed E-state index contributed by atoms with van der Waals surface area (Å²) >= 11 is 0. The van der Waals surface area contributed by atoms with Crippen LogP contribution < -0.4 is 5.56 Å². The summed E-state index contributed by atoms with van der Waals surface area (Å²) in [5.74, 6) is 0.685. The molecule has 0 atom stereocenters. The van der Waals surface area contributed by atoms with Crippen LogP contribution in [0.2, 0.25) is 0 Å². The molecule has 3 rings (SSSR count). The predicted molar refractivity (Wildman–Crippen MR) is 97.1 cm³/mol. The fourth-order valence-corrected chi connectivity index (χ4v) is 4.91. The first-order valence-electron chi connectivity index (χ1n) is 8.94. The number of sulfonamides is 1. The number of rotatable bonds is 5. The highest BCUT2D eigenvalue weighted by Gasteiger charge is 2.31. The maximum atomic E-state index is 12.0. The number of likely N-dealkylation sites (tertiary alicyclic amines) is 1. The topological polar surface area (TPSA) is 75.5 Å². The van der Waals surface area contributed by atoms with E-state index < -0.39 is 10.0 Å². The fourth-order valence-electron chi connectivity index (χ4n) is 3.39. The van der Waals surface area contributed by atoms with Gasteiger partial charge in [0.2, 0.25) is 10.0 Å². The summed E-state index contributed by atoms with van der Waals surface area (Å²) in [7, 11) is -3.00. The Kier molecular flexibility index (Phi) is 5.05. The van der Waals surface area contributed by atoms with Crippen molar-refractivity contribution in [2.45, 2.75) is 39.2 Å². The smallest absolute Gasteiger partial charge is 0.266 e. The third-order valence-corrected chi connectivity index (χ3v) is 6.92. The van der Waals surface area contributed by atoms with Crippen LogP contribution >= 0.6 is 0 Å². The summed E-state index contributed by atoms with van der Waals surface area (Å²) in [5.41, 5.74) is 0.777. The first-order valence-corrected chi connectivity index (χ1v) is 10.5. The Hall–Kier alpha value is -1.25. The molecule has 0 saturated carbocycles. The highest BCUT2D eigenvalue weighted by Crippen LogP contribution is 2.20. The lowest BCUT2D eigenvalue weighted by molar-refractivity contribution is 0.0799. The Balaban J connectivity index is 1.50. The average molecular weight is 369 g/mol. The van der Waals surface area contributed by atoms with Crippen molar-refractivity contribution in [1.29, 1.82) is 0 Å². The zero-order valence-corrected chi connectivity index (χ0v) is 16.1. The van der Waals surface area contributed by atoms with Gasteiger partial charge < -0.3 is 4.90 Å². The second kappa shape index (κ2) is 6.81. The normalized spacial score (nSPS) is 22.2. The molecule has 0 aliphatic carbocycles. The number of nitrogens with zero attached hydrogens (tertiary/aromatic N) is 4. The van der Waals surface area contributed by atoms with Crippen LogP contribution in [0.4, 0.5) is 0 Å². The molecule has 140 valence electrons. The molecule has 2 aliphatic heterocycles. The second-order valence-corrected chi connectivity index (χ2v) is 10.3. The summed E-state index contributed by atoms with van der Waals surface area (Å²) in [4.78, 5) is 14.3. The van der Waals surface area contributed by atoms with Crippen molar-refractivity contribution in [3.63, 3.8) is 0 Å². The third kappa shape index (κ3) is 4.30. The maximum Gasteiger partial charge on any atom is 0.266 e. The van der Waals surface area contributed by atoms with Gasteiger partial charge >= 0.3 is 0 Å². The fraction of sp³-hybridized carbons (Fsp3) is 0.765. The minimum atomic E-state index is -3.00. The first kappa shape index (κ1) is 18.5. The van der Waals surface area contributed by atoms with E-state index in [2.05, 4.69) is 30.8 Å². The van der Waals surface area contributed by atoms with Gasteiger partial charge in [-0.3, -0.25) is 4.79 Å². The lowest BCUT2D eigenvalue weighted by atomic mass is 9.92. The highest BCUT2D eigenvalue weighted by atomic mass is 32.2. The molecule has 8 heteroatoms. The third-order valence-electron chi connectivity index (χ3n) is 4.97. The largest absolute Gasteiger partial charge is 0.301 e. The van der Waals surface area contributed by atoms with Gasteiger partial charge in [-0.2, -0.15) is 5.10 Å². The van der Waals surface area contributed by atoms with Gasteiger partial charge in [-0.1, -0.05) is 20.8 Å². The monoisotopic (exact) mass is 368 g/mol. The van der Waals surface area contributed by atoms with Crippen LogP contribution in [0.25, 0.3) is 0 Å². The van der Waals surface area contributed by atoms with Gasteiger partial charge in [-0.25, -0.2) is 17.4 Å². The SMILES string of the molecule is CC(C)(C)c1ccc(=O)n(CC2CN(CCN3CCCS3(=O)=O)C2)n1. The van der Waals surface area contributed by atoms with Crippen LogP contribution in [0.5, 0.6) is 0 Å². The molecule has 2 aliphatic rings. The van der Waals surface area contributed by atoms with Crippen molar-refractivity contribution in [2.75, 3.05) is 38.5 Å². The van der Waals surface area contributed by atoms with Crippen molar-refractivity contribution in [3.05, 3.63) is 28.2 Å². The minimum Gasteiger partial charge on any atom is -0.301 e. The minimum absolute atomic E-state index is 0.0605. The summed E-state index contributed by atoms with van der Waals surface area (Å²) in [6.45, 7) is 10.7. The molecule has 2 saturated heterocycles. The van der Waals surface area contributed by atoms with Crippen molar-refractivity contribution in [1.82, 2.24) is 19.0 Å². The van der Waals surface area contributed by atoms with Crippen molar-refractivity contribution < 1.29 is 8.42 Å².